The highest BCUT2D eigenvalue weighted by atomic mass is 16.5. The SMILES string of the molecule is COc1ncccc1CNC(=O)c1ccccc1-c1ccc(Cn2cccn2)cc1. The smallest absolute Gasteiger partial charge is 0.252 e. The molecule has 0 spiro atoms. The molecule has 6 heteroatoms. The van der Waals surface area contributed by atoms with Crippen LogP contribution in [0.15, 0.2) is 85.3 Å². The van der Waals surface area contributed by atoms with Gasteiger partial charge in [-0.25, -0.2) is 4.98 Å². The van der Waals surface area contributed by atoms with Crippen LogP contribution in [0.2, 0.25) is 0 Å². The number of pyridine rings is 1. The van der Waals surface area contributed by atoms with Crippen LogP contribution < -0.4 is 10.1 Å². The highest BCUT2D eigenvalue weighted by Crippen LogP contribution is 2.24. The summed E-state index contributed by atoms with van der Waals surface area (Å²) in [6.45, 7) is 1.05. The van der Waals surface area contributed by atoms with E-state index in [9.17, 15) is 4.79 Å². The van der Waals surface area contributed by atoms with Gasteiger partial charge in [0.05, 0.1) is 13.7 Å². The molecule has 0 fully saturated rings. The summed E-state index contributed by atoms with van der Waals surface area (Å²) in [6, 6.07) is 21.4. The number of nitrogens with one attached hydrogen (secondary N) is 1. The first-order chi connectivity index (χ1) is 14.7. The molecule has 2 heterocycles. The summed E-state index contributed by atoms with van der Waals surface area (Å²) >= 11 is 0. The van der Waals surface area contributed by atoms with Gasteiger partial charge < -0.3 is 10.1 Å². The van der Waals surface area contributed by atoms with E-state index >= 15 is 0 Å². The Morgan fingerprint density at radius 1 is 1.00 bits per heavy atom. The molecule has 0 saturated heterocycles. The predicted molar refractivity (Wildman–Crippen MR) is 115 cm³/mol. The third kappa shape index (κ3) is 4.38. The molecule has 4 rings (SSSR count). The van der Waals surface area contributed by atoms with Gasteiger partial charge in [0.2, 0.25) is 5.88 Å². The molecular weight excluding hydrogens is 376 g/mol. The summed E-state index contributed by atoms with van der Waals surface area (Å²) in [7, 11) is 1.57. The van der Waals surface area contributed by atoms with Gasteiger partial charge >= 0.3 is 0 Å². The maximum Gasteiger partial charge on any atom is 0.252 e. The van der Waals surface area contributed by atoms with Crippen LogP contribution in [-0.4, -0.2) is 27.8 Å². The van der Waals surface area contributed by atoms with E-state index in [1.807, 2.05) is 65.5 Å². The molecule has 0 bridgehead atoms. The fourth-order valence-corrected chi connectivity index (χ4v) is 3.32. The Labute approximate surface area is 175 Å². The molecule has 0 aliphatic carbocycles. The van der Waals surface area contributed by atoms with E-state index in [1.54, 1.807) is 19.5 Å². The van der Waals surface area contributed by atoms with Gasteiger partial charge in [-0.15, -0.1) is 0 Å². The number of benzene rings is 2. The molecule has 1 N–H and O–H groups in total. The zero-order valence-corrected chi connectivity index (χ0v) is 16.7. The van der Waals surface area contributed by atoms with Crippen LogP contribution in [0.25, 0.3) is 11.1 Å². The van der Waals surface area contributed by atoms with Crippen molar-refractivity contribution in [2.45, 2.75) is 13.1 Å². The van der Waals surface area contributed by atoms with Gasteiger partial charge in [-0.1, -0.05) is 48.5 Å². The van der Waals surface area contributed by atoms with Crippen molar-refractivity contribution in [3.63, 3.8) is 0 Å². The van der Waals surface area contributed by atoms with Crippen molar-refractivity contribution in [2.24, 2.45) is 0 Å². The highest BCUT2D eigenvalue weighted by molar-refractivity contribution is 6.00. The lowest BCUT2D eigenvalue weighted by molar-refractivity contribution is 0.0951. The molecule has 30 heavy (non-hydrogen) atoms. The molecule has 0 aliphatic rings. The first-order valence-electron chi connectivity index (χ1n) is 9.66. The fraction of sp³-hybridized carbons (Fsp3) is 0.125. The van der Waals surface area contributed by atoms with E-state index < -0.39 is 0 Å². The van der Waals surface area contributed by atoms with Crippen molar-refractivity contribution in [2.75, 3.05) is 7.11 Å². The van der Waals surface area contributed by atoms with E-state index in [4.69, 9.17) is 4.74 Å². The van der Waals surface area contributed by atoms with Crippen molar-refractivity contribution >= 4 is 5.91 Å². The molecule has 0 saturated carbocycles. The van der Waals surface area contributed by atoms with Crippen LogP contribution in [0, 0.1) is 0 Å². The van der Waals surface area contributed by atoms with E-state index in [0.717, 1.165) is 22.3 Å². The second-order valence-corrected chi connectivity index (χ2v) is 6.80. The number of hydrogen-bond donors (Lipinski definition) is 1. The molecule has 150 valence electrons. The average molecular weight is 398 g/mol. The van der Waals surface area contributed by atoms with Crippen molar-refractivity contribution in [3.05, 3.63) is 102 Å². The van der Waals surface area contributed by atoms with Gasteiger partial charge in [-0.3, -0.25) is 9.48 Å². The Morgan fingerprint density at radius 3 is 2.60 bits per heavy atom. The molecule has 2 aromatic heterocycles. The van der Waals surface area contributed by atoms with Gasteiger partial charge in [0.15, 0.2) is 0 Å². The number of amides is 1. The van der Waals surface area contributed by atoms with E-state index in [1.165, 1.54) is 0 Å². The Morgan fingerprint density at radius 2 is 1.83 bits per heavy atom. The van der Waals surface area contributed by atoms with Crippen molar-refractivity contribution in [3.8, 4) is 17.0 Å². The minimum absolute atomic E-state index is 0.142. The number of carbonyl (C=O) groups is 1. The number of rotatable bonds is 7. The van der Waals surface area contributed by atoms with Crippen molar-refractivity contribution < 1.29 is 9.53 Å². The van der Waals surface area contributed by atoms with E-state index in [0.29, 0.717) is 24.5 Å². The Hall–Kier alpha value is -3.93. The summed E-state index contributed by atoms with van der Waals surface area (Å²) in [5.74, 6) is 0.371. The molecule has 2 aromatic carbocycles. The molecule has 6 nitrogen and oxygen atoms in total. The number of ether oxygens (including phenoxy) is 1. The molecule has 4 aromatic rings. The topological polar surface area (TPSA) is 69.0 Å². The molecule has 0 atom stereocenters. The zero-order chi connectivity index (χ0) is 20.8. The summed E-state index contributed by atoms with van der Waals surface area (Å²) in [5.41, 5.74) is 4.48. The second kappa shape index (κ2) is 9.05. The lowest BCUT2D eigenvalue weighted by atomic mass is 9.98. The lowest BCUT2D eigenvalue weighted by Gasteiger charge is -2.12. The summed E-state index contributed by atoms with van der Waals surface area (Å²) in [6.07, 6.45) is 5.37. The largest absolute Gasteiger partial charge is 0.481 e. The standard InChI is InChI=1S/C24H22N4O2/c1-30-24-20(6-4-13-25-24)16-26-23(29)22-8-3-2-7-21(22)19-11-9-18(10-12-19)17-28-15-5-14-27-28/h2-15H,16-17H2,1H3,(H,26,29). The maximum absolute atomic E-state index is 12.9. The zero-order valence-electron chi connectivity index (χ0n) is 16.7. The molecular formula is C24H22N4O2. The molecule has 0 aliphatic heterocycles. The second-order valence-electron chi connectivity index (χ2n) is 6.80. The van der Waals surface area contributed by atoms with Crippen LogP contribution >= 0.6 is 0 Å². The Balaban J connectivity index is 1.51. The number of methoxy groups -OCH3 is 1. The predicted octanol–water partition coefficient (Wildman–Crippen LogP) is 3.93. The minimum Gasteiger partial charge on any atom is -0.481 e. The first-order valence-corrected chi connectivity index (χ1v) is 9.66. The van der Waals surface area contributed by atoms with Gasteiger partial charge in [-0.2, -0.15) is 5.10 Å². The summed E-state index contributed by atoms with van der Waals surface area (Å²) in [4.78, 5) is 17.1. The monoisotopic (exact) mass is 398 g/mol. The average Bonchev–Trinajstić information content (AvgIpc) is 3.31. The van der Waals surface area contributed by atoms with Crippen LogP contribution in [0.1, 0.15) is 21.5 Å². The van der Waals surface area contributed by atoms with Gasteiger partial charge in [0.1, 0.15) is 0 Å². The van der Waals surface area contributed by atoms with Crippen LogP contribution in [0.4, 0.5) is 0 Å². The summed E-state index contributed by atoms with van der Waals surface area (Å²) in [5, 5.41) is 7.21. The molecule has 0 radical (unpaired) electrons. The normalized spacial score (nSPS) is 10.6. The van der Waals surface area contributed by atoms with Gasteiger partial charge in [0, 0.05) is 36.3 Å². The quantitative estimate of drug-likeness (QED) is 0.512. The van der Waals surface area contributed by atoms with Crippen LogP contribution in [0.3, 0.4) is 0 Å². The minimum atomic E-state index is -0.142. The van der Waals surface area contributed by atoms with Crippen molar-refractivity contribution in [1.29, 1.82) is 0 Å². The number of nitrogens with zero attached hydrogens (tertiary/aromatic N) is 3. The molecule has 1 amide bonds. The number of hydrogen-bond acceptors (Lipinski definition) is 4. The Bertz CT molecular complexity index is 1120. The number of carbonyl (C=O) groups excluding carboxylic acids is 1. The Kier molecular flexibility index (Phi) is 5.85. The fourth-order valence-electron chi connectivity index (χ4n) is 3.32. The first kappa shape index (κ1) is 19.4. The van der Waals surface area contributed by atoms with E-state index in [2.05, 4.69) is 27.5 Å². The van der Waals surface area contributed by atoms with Gasteiger partial charge in [0.25, 0.3) is 5.91 Å². The third-order valence-corrected chi connectivity index (χ3v) is 4.82. The third-order valence-electron chi connectivity index (χ3n) is 4.82. The lowest BCUT2D eigenvalue weighted by Crippen LogP contribution is -2.23. The van der Waals surface area contributed by atoms with Crippen LogP contribution in [-0.2, 0) is 13.1 Å². The summed E-state index contributed by atoms with van der Waals surface area (Å²) < 4.78 is 7.13. The molecule has 0 unspecified atom stereocenters. The number of aromatic nitrogens is 3. The van der Waals surface area contributed by atoms with Gasteiger partial charge in [-0.05, 0) is 34.9 Å². The van der Waals surface area contributed by atoms with Crippen LogP contribution in [0.5, 0.6) is 5.88 Å². The highest BCUT2D eigenvalue weighted by Gasteiger charge is 2.13. The maximum atomic E-state index is 12.9. The van der Waals surface area contributed by atoms with E-state index in [-0.39, 0.29) is 5.91 Å². The van der Waals surface area contributed by atoms with Crippen molar-refractivity contribution in [1.82, 2.24) is 20.1 Å².